The number of aliphatic carboxylic acids is 1. The Morgan fingerprint density at radius 3 is 1.41 bits per heavy atom. The molecule has 0 amide bonds. The van der Waals surface area contributed by atoms with Crippen LogP contribution in [0.15, 0.2) is 94.5 Å². The maximum atomic E-state index is 16.4. The summed E-state index contributed by atoms with van der Waals surface area (Å²) in [6, 6.07) is 25.3. The molecular formula is C75H82F2N8O14. The monoisotopic (exact) mass is 1360 g/mol. The van der Waals surface area contributed by atoms with Gasteiger partial charge in [-0.3, -0.25) is 33.7 Å². The van der Waals surface area contributed by atoms with Crippen LogP contribution in [0, 0.1) is 39.3 Å². The fraction of sp³-hybridized carbons (Fsp3) is 0.413. The van der Waals surface area contributed by atoms with Crippen molar-refractivity contribution in [1.29, 1.82) is 0 Å². The van der Waals surface area contributed by atoms with E-state index in [0.29, 0.717) is 127 Å². The summed E-state index contributed by atoms with van der Waals surface area (Å²) in [5.41, 5.74) is 2.46. The second kappa shape index (κ2) is 26.7. The number of rotatable bonds is 16. The molecule has 8 heterocycles. The zero-order valence-electron chi connectivity index (χ0n) is 57.2. The lowest BCUT2D eigenvalue weighted by Gasteiger charge is -2.41. The molecule has 4 N–H and O–H groups in total. The third kappa shape index (κ3) is 11.9. The SMILES string of the molecule is CC1(C(=O)O)CCn2c(C(=O)c3ccccc3)ccc21.COc1c(N2CCN(COC(=O)C3(C)CCn4c(C(=O)c5ccccc5)ccc43)C(C)C2)c(F)c(C)c2c(=O)c(C(=O)O)c(C)n(C3CC3)c12.COc1c(N2CCNC(C)C2)c(F)c(C)c2c(=O)c(C(=O)O)c(C)n(C3CC3)c12. The number of fused-ring (bicyclic) bond motifs is 4. The van der Waals surface area contributed by atoms with Crippen LogP contribution in [-0.2, 0) is 38.2 Å². The summed E-state index contributed by atoms with van der Waals surface area (Å²) in [6.45, 7) is 18.2. The maximum Gasteiger partial charge on any atom is 0.341 e. The van der Waals surface area contributed by atoms with Gasteiger partial charge in [0, 0.05) is 122 Å². The van der Waals surface area contributed by atoms with Gasteiger partial charge in [-0.25, -0.2) is 18.4 Å². The van der Waals surface area contributed by atoms with E-state index in [1.165, 1.54) is 21.1 Å². The number of hydrogen-bond donors (Lipinski definition) is 4. The Balaban J connectivity index is 0.000000159. The van der Waals surface area contributed by atoms with Crippen molar-refractivity contribution in [2.24, 2.45) is 0 Å². The van der Waals surface area contributed by atoms with Crippen molar-refractivity contribution >= 4 is 68.6 Å². The Morgan fingerprint density at radius 1 is 0.576 bits per heavy atom. The van der Waals surface area contributed by atoms with Crippen molar-refractivity contribution in [1.82, 2.24) is 28.5 Å². The van der Waals surface area contributed by atoms with Crippen LogP contribution in [0.1, 0.15) is 165 Å². The molecular weight excluding hydrogens is 1270 g/mol. The average Bonchev–Trinajstić information content (AvgIpc) is 1.12. The number of hydrogen-bond acceptors (Lipinski definition) is 15. The van der Waals surface area contributed by atoms with Crippen molar-refractivity contribution < 1.29 is 67.1 Å². The van der Waals surface area contributed by atoms with E-state index in [0.717, 1.165) is 31.4 Å². The Morgan fingerprint density at radius 2 is 1.01 bits per heavy atom. The van der Waals surface area contributed by atoms with Crippen LogP contribution in [0.5, 0.6) is 11.5 Å². The Hall–Kier alpha value is -9.94. The van der Waals surface area contributed by atoms with Crippen molar-refractivity contribution in [2.45, 2.75) is 142 Å². The molecule has 14 rings (SSSR count). The molecule has 4 aromatic heterocycles. The Labute approximate surface area is 569 Å². The second-order valence-electron chi connectivity index (χ2n) is 27.3. The highest BCUT2D eigenvalue weighted by Gasteiger charge is 2.47. The minimum absolute atomic E-state index is 0.00575. The summed E-state index contributed by atoms with van der Waals surface area (Å²) in [4.78, 5) is 107. The summed E-state index contributed by atoms with van der Waals surface area (Å²) in [5.74, 6) is -4.62. The van der Waals surface area contributed by atoms with Crippen LogP contribution >= 0.6 is 0 Å². The van der Waals surface area contributed by atoms with Crippen molar-refractivity contribution in [3.63, 3.8) is 0 Å². The molecule has 0 spiro atoms. The fourth-order valence-corrected chi connectivity index (χ4v) is 15.2. The van der Waals surface area contributed by atoms with Gasteiger partial charge >= 0.3 is 23.9 Å². The number of ketones is 2. The third-order valence-electron chi connectivity index (χ3n) is 21.0. The first kappa shape index (κ1) is 69.0. The van der Waals surface area contributed by atoms with Gasteiger partial charge in [0.2, 0.25) is 22.4 Å². The Bertz CT molecular complexity index is 4760. The summed E-state index contributed by atoms with van der Waals surface area (Å²) in [6.07, 6.45) is 4.45. The number of esters is 1. The lowest BCUT2D eigenvalue weighted by molar-refractivity contribution is -0.156. The van der Waals surface area contributed by atoms with Crippen LogP contribution in [0.2, 0.25) is 0 Å². The number of carboxylic acid groups (broad SMARTS) is 3. The largest absolute Gasteiger partial charge is 0.492 e. The summed E-state index contributed by atoms with van der Waals surface area (Å²) in [7, 11) is 2.91. The molecule has 2 saturated carbocycles. The van der Waals surface area contributed by atoms with Crippen molar-refractivity contribution in [3.8, 4) is 11.5 Å². The lowest BCUT2D eigenvalue weighted by Crippen LogP contribution is -2.53. The molecule has 4 aromatic carbocycles. The van der Waals surface area contributed by atoms with Gasteiger partial charge in [0.1, 0.15) is 40.1 Å². The number of nitrogens with one attached hydrogen (secondary N) is 1. The molecule has 8 aromatic rings. The number of carbonyl (C=O) groups is 6. The highest BCUT2D eigenvalue weighted by atomic mass is 19.1. The lowest BCUT2D eigenvalue weighted by atomic mass is 9.86. The minimum atomic E-state index is -1.34. The molecule has 6 aliphatic rings. The molecule has 4 atom stereocenters. The number of aryl methyl sites for hydroxylation is 2. The number of carboxylic acids is 3. The van der Waals surface area contributed by atoms with Crippen LogP contribution in [-0.4, -0.2) is 146 Å². The van der Waals surface area contributed by atoms with E-state index in [-0.39, 0.29) is 92.9 Å². The van der Waals surface area contributed by atoms with E-state index in [1.54, 1.807) is 70.2 Å². The topological polar surface area (TPSA) is 266 Å². The number of methoxy groups -OCH3 is 2. The number of aromatic carboxylic acids is 2. The van der Waals surface area contributed by atoms with Crippen LogP contribution in [0.4, 0.5) is 20.2 Å². The smallest absolute Gasteiger partial charge is 0.341 e. The number of piperazine rings is 2. The van der Waals surface area contributed by atoms with E-state index in [9.17, 15) is 53.7 Å². The number of ether oxygens (including phenoxy) is 3. The van der Waals surface area contributed by atoms with Gasteiger partial charge in [-0.1, -0.05) is 60.7 Å². The highest BCUT2D eigenvalue weighted by molar-refractivity contribution is 6.09. The first-order valence-corrected chi connectivity index (χ1v) is 33.5. The molecule has 2 saturated heterocycles. The molecule has 4 aliphatic heterocycles. The van der Waals surface area contributed by atoms with Gasteiger partial charge in [-0.2, -0.15) is 0 Å². The van der Waals surface area contributed by atoms with Crippen LogP contribution in [0.25, 0.3) is 21.8 Å². The quantitative estimate of drug-likeness (QED) is 0.0517. The van der Waals surface area contributed by atoms with E-state index in [2.05, 4.69) is 5.32 Å². The van der Waals surface area contributed by atoms with E-state index < -0.39 is 51.2 Å². The number of halogens is 2. The molecule has 2 aliphatic carbocycles. The maximum absolute atomic E-state index is 16.4. The molecule has 0 bridgehead atoms. The number of anilines is 2. The van der Waals surface area contributed by atoms with Gasteiger partial charge in [0.05, 0.1) is 47.4 Å². The normalized spacial score (nSPS) is 20.3. The van der Waals surface area contributed by atoms with Crippen LogP contribution in [0.3, 0.4) is 0 Å². The van der Waals surface area contributed by atoms with Gasteiger partial charge in [-0.15, -0.1) is 0 Å². The number of benzene rings is 4. The third-order valence-corrected chi connectivity index (χ3v) is 21.0. The van der Waals surface area contributed by atoms with Crippen LogP contribution < -0.4 is 35.4 Å². The summed E-state index contributed by atoms with van der Waals surface area (Å²) in [5, 5.41) is 32.4. The molecule has 520 valence electrons. The molecule has 4 fully saturated rings. The predicted molar refractivity (Wildman–Crippen MR) is 368 cm³/mol. The minimum Gasteiger partial charge on any atom is -0.492 e. The fourth-order valence-electron chi connectivity index (χ4n) is 15.2. The van der Waals surface area contributed by atoms with E-state index in [1.807, 2.05) is 96.2 Å². The Kier molecular flexibility index (Phi) is 18.6. The number of carbonyl (C=O) groups excluding carboxylic acids is 3. The predicted octanol–water partition coefficient (Wildman–Crippen LogP) is 10.3. The number of aromatic nitrogens is 4. The molecule has 24 heteroatoms. The highest BCUT2D eigenvalue weighted by Crippen LogP contribution is 2.49. The van der Waals surface area contributed by atoms with Crippen molar-refractivity contribution in [3.05, 3.63) is 185 Å². The van der Waals surface area contributed by atoms with Gasteiger partial charge in [0.25, 0.3) is 0 Å². The average molecular weight is 1360 g/mol. The first-order chi connectivity index (χ1) is 47.2. The standard InChI is InChI=1S/C38H41FN4O7.C21H26FN3O4.C16H15NO3/c1-21-19-40(32-30(39)22(2)28-31(35(32)49-5)43(25-11-12-25)23(3)29(34(28)45)36(46)47)17-18-41(21)20-50-37(48)38(4)15-16-42-26(13-14-27(38)42)33(44)24-9-7-6-8-10-24;1-10-9-24(8-7-23-10)18-16(22)11(2)14-17(20(18)29-4)25(13-5-6-13)12(3)15(19(14)26)21(27)28;1-16(15(19)20)9-10-17-12(7-8-13(16)17)14(18)11-5-3-2-4-6-11/h6-10,13-14,21,25H,11-12,15-20H2,1-5H3,(H,46,47);10,13,23H,5-9H2,1-4H3,(H,27,28);2-8H,9-10H2,1H3,(H,19,20). The van der Waals surface area contributed by atoms with Crippen molar-refractivity contribution in [2.75, 3.05) is 70.0 Å². The van der Waals surface area contributed by atoms with Gasteiger partial charge in [-0.05, 0) is 118 Å². The first-order valence-electron chi connectivity index (χ1n) is 33.5. The zero-order valence-corrected chi connectivity index (χ0v) is 57.2. The number of nitrogens with zero attached hydrogens (tertiary/aromatic N) is 7. The van der Waals surface area contributed by atoms with E-state index >= 15 is 8.78 Å². The van der Waals surface area contributed by atoms with Gasteiger partial charge < -0.3 is 62.9 Å². The molecule has 99 heavy (non-hydrogen) atoms. The molecule has 22 nitrogen and oxygen atoms in total. The number of pyridine rings is 2. The summed E-state index contributed by atoms with van der Waals surface area (Å²) >= 11 is 0. The van der Waals surface area contributed by atoms with Gasteiger partial charge in [0.15, 0.2) is 23.1 Å². The van der Waals surface area contributed by atoms with E-state index in [4.69, 9.17) is 14.2 Å². The molecule has 0 radical (unpaired) electrons. The molecule has 4 unspecified atom stereocenters. The second-order valence-corrected chi connectivity index (χ2v) is 27.3. The zero-order chi connectivity index (χ0) is 71.0. The summed E-state index contributed by atoms with van der Waals surface area (Å²) < 4.78 is 56.9.